The van der Waals surface area contributed by atoms with Crippen LogP contribution >= 0.6 is 11.3 Å². The molecule has 0 N–H and O–H groups in total. The molecule has 1 heterocycles. The van der Waals surface area contributed by atoms with Gasteiger partial charge in [-0.1, -0.05) is 24.3 Å². The van der Waals surface area contributed by atoms with Crippen LogP contribution in [0.4, 0.5) is 4.39 Å². The summed E-state index contributed by atoms with van der Waals surface area (Å²) in [5.74, 6) is 0.197. The number of thiazole rings is 1. The Kier molecular flexibility index (Phi) is 4.63. The maximum Gasteiger partial charge on any atom is 0.205 e. The lowest BCUT2D eigenvalue weighted by molar-refractivity contribution is 0.619. The molecule has 0 spiro atoms. The smallest absolute Gasteiger partial charge is 0.205 e. The van der Waals surface area contributed by atoms with E-state index < -0.39 is 0 Å². The van der Waals surface area contributed by atoms with Crippen molar-refractivity contribution in [3.63, 3.8) is 0 Å². The third-order valence-corrected chi connectivity index (χ3v) is 4.64. The maximum atomic E-state index is 14.1. The van der Waals surface area contributed by atoms with Crippen molar-refractivity contribution in [1.82, 2.24) is 4.68 Å². The van der Waals surface area contributed by atoms with Gasteiger partial charge in [-0.15, -0.1) is 11.3 Å². The molecule has 1 unspecified atom stereocenters. The number of halogens is 1. The van der Waals surface area contributed by atoms with Gasteiger partial charge >= 0.3 is 0 Å². The van der Waals surface area contributed by atoms with E-state index in [4.69, 9.17) is 0 Å². The van der Waals surface area contributed by atoms with E-state index >= 15 is 0 Å². The quantitative estimate of drug-likeness (QED) is 0.603. The Morgan fingerprint density at radius 2 is 2.18 bits per heavy atom. The lowest BCUT2D eigenvalue weighted by Crippen LogP contribution is -2.14. The second-order valence-corrected chi connectivity index (χ2v) is 6.06. The van der Waals surface area contributed by atoms with Gasteiger partial charge in [0, 0.05) is 24.2 Å². The van der Waals surface area contributed by atoms with Crippen molar-refractivity contribution in [3.8, 4) is 11.3 Å². The van der Waals surface area contributed by atoms with Gasteiger partial charge in [0.15, 0.2) is 0 Å². The maximum absolute atomic E-state index is 14.1. The minimum atomic E-state index is -0.243. The number of allylic oxidation sites excluding steroid dienone is 2. The second-order valence-electron chi connectivity index (χ2n) is 5.23. The highest BCUT2D eigenvalue weighted by Crippen LogP contribution is 2.23. The summed E-state index contributed by atoms with van der Waals surface area (Å²) in [4.78, 5) is 5.01. The molecule has 0 fully saturated rings. The molecule has 0 amide bonds. The van der Waals surface area contributed by atoms with Crippen LogP contribution in [-0.4, -0.2) is 17.9 Å². The van der Waals surface area contributed by atoms with Crippen LogP contribution in [0.15, 0.2) is 51.9 Å². The van der Waals surface area contributed by atoms with Crippen LogP contribution in [0.25, 0.3) is 11.3 Å². The predicted octanol–water partition coefficient (Wildman–Crippen LogP) is 4.08. The van der Waals surface area contributed by atoms with Crippen molar-refractivity contribution in [1.29, 1.82) is 0 Å². The molecule has 3 nitrogen and oxygen atoms in total. The van der Waals surface area contributed by atoms with Gasteiger partial charge in [0.1, 0.15) is 5.82 Å². The molecule has 1 atom stereocenters. The minimum Gasteiger partial charge on any atom is -0.261 e. The average Bonchev–Trinajstić information content (AvgIpc) is 2.97. The Morgan fingerprint density at radius 1 is 1.32 bits per heavy atom. The average molecular weight is 315 g/mol. The summed E-state index contributed by atoms with van der Waals surface area (Å²) in [6.45, 7) is 0. The molecule has 22 heavy (non-hydrogen) atoms. The first-order valence-electron chi connectivity index (χ1n) is 7.37. The molecule has 0 saturated heterocycles. The lowest BCUT2D eigenvalue weighted by Gasteiger charge is -2.12. The Morgan fingerprint density at radius 3 is 2.91 bits per heavy atom. The summed E-state index contributed by atoms with van der Waals surface area (Å²) in [7, 11) is 1.73. The fourth-order valence-corrected chi connectivity index (χ4v) is 3.32. The van der Waals surface area contributed by atoms with E-state index in [1.54, 1.807) is 23.9 Å². The van der Waals surface area contributed by atoms with Gasteiger partial charge in [0.05, 0.1) is 5.69 Å². The van der Waals surface area contributed by atoms with Crippen molar-refractivity contribution in [3.05, 3.63) is 52.4 Å². The molecule has 0 aliphatic heterocycles. The SMILES string of the molecule is CN=c1scc(-c2ccccc2F)n1N=CC1CC=CCC1. The summed E-state index contributed by atoms with van der Waals surface area (Å²) in [6, 6.07) is 6.76. The van der Waals surface area contributed by atoms with Gasteiger partial charge in [-0.3, -0.25) is 4.99 Å². The van der Waals surface area contributed by atoms with Crippen LogP contribution in [0.2, 0.25) is 0 Å². The molecule has 0 bridgehead atoms. The normalized spacial score (nSPS) is 19.2. The van der Waals surface area contributed by atoms with Crippen LogP contribution in [0.5, 0.6) is 0 Å². The van der Waals surface area contributed by atoms with E-state index in [9.17, 15) is 4.39 Å². The molecule has 0 saturated carbocycles. The summed E-state index contributed by atoms with van der Waals surface area (Å²) < 4.78 is 15.8. The van der Waals surface area contributed by atoms with Gasteiger partial charge in [-0.05, 0) is 37.3 Å². The van der Waals surface area contributed by atoms with Crippen molar-refractivity contribution >= 4 is 17.6 Å². The fraction of sp³-hybridized carbons (Fsp3) is 0.294. The van der Waals surface area contributed by atoms with Gasteiger partial charge in [0.2, 0.25) is 4.80 Å². The molecular weight excluding hydrogens is 297 g/mol. The van der Waals surface area contributed by atoms with Crippen LogP contribution < -0.4 is 4.80 Å². The first kappa shape index (κ1) is 14.9. The standard InChI is InChI=1S/C17H18FN3S/c1-19-17-21(20-11-13-7-3-2-4-8-13)16(12-22-17)14-9-5-6-10-15(14)18/h2-3,5-6,9-13H,4,7-8H2,1H3. The molecule has 1 aliphatic rings. The Balaban J connectivity index is 1.99. The van der Waals surface area contributed by atoms with Crippen LogP contribution in [-0.2, 0) is 0 Å². The topological polar surface area (TPSA) is 29.6 Å². The van der Waals surface area contributed by atoms with E-state index in [1.165, 1.54) is 17.4 Å². The van der Waals surface area contributed by atoms with Gasteiger partial charge in [0.25, 0.3) is 0 Å². The molecule has 114 valence electrons. The van der Waals surface area contributed by atoms with Crippen LogP contribution in [0.3, 0.4) is 0 Å². The summed E-state index contributed by atoms with van der Waals surface area (Å²) in [6.07, 6.45) is 9.59. The number of rotatable bonds is 3. The highest BCUT2D eigenvalue weighted by Gasteiger charge is 2.12. The zero-order valence-corrected chi connectivity index (χ0v) is 13.3. The highest BCUT2D eigenvalue weighted by molar-refractivity contribution is 7.07. The zero-order valence-electron chi connectivity index (χ0n) is 12.4. The summed E-state index contributed by atoms with van der Waals surface area (Å²) in [5, 5.41) is 6.49. The first-order chi connectivity index (χ1) is 10.8. The Hall–Kier alpha value is -2.01. The van der Waals surface area contributed by atoms with Crippen molar-refractivity contribution in [2.45, 2.75) is 19.3 Å². The fourth-order valence-electron chi connectivity index (χ4n) is 2.53. The highest BCUT2D eigenvalue weighted by atomic mass is 32.1. The van der Waals surface area contributed by atoms with Gasteiger partial charge in [-0.2, -0.15) is 5.10 Å². The molecule has 2 aromatic rings. The van der Waals surface area contributed by atoms with Crippen LogP contribution in [0.1, 0.15) is 19.3 Å². The number of aromatic nitrogens is 1. The molecule has 0 radical (unpaired) electrons. The van der Waals surface area contributed by atoms with E-state index in [1.807, 2.05) is 17.7 Å². The van der Waals surface area contributed by atoms with Gasteiger partial charge in [-0.25, -0.2) is 9.07 Å². The van der Waals surface area contributed by atoms with E-state index in [2.05, 4.69) is 22.2 Å². The summed E-state index contributed by atoms with van der Waals surface area (Å²) in [5.41, 5.74) is 1.29. The Bertz CT molecular complexity index is 770. The zero-order chi connectivity index (χ0) is 15.4. The molecule has 1 aromatic heterocycles. The van der Waals surface area contributed by atoms with Crippen molar-refractivity contribution < 1.29 is 4.39 Å². The Labute approximate surface area is 133 Å². The lowest BCUT2D eigenvalue weighted by atomic mass is 9.96. The van der Waals surface area contributed by atoms with Gasteiger partial charge < -0.3 is 0 Å². The monoisotopic (exact) mass is 315 g/mol. The molecular formula is C17H18FN3S. The largest absolute Gasteiger partial charge is 0.261 e. The van der Waals surface area contributed by atoms with E-state index in [0.29, 0.717) is 11.5 Å². The van der Waals surface area contributed by atoms with E-state index in [-0.39, 0.29) is 5.82 Å². The molecule has 1 aliphatic carbocycles. The molecule has 5 heteroatoms. The van der Waals surface area contributed by atoms with Crippen LogP contribution in [0, 0.1) is 11.7 Å². The first-order valence-corrected chi connectivity index (χ1v) is 8.25. The number of hydrogen-bond acceptors (Lipinski definition) is 3. The minimum absolute atomic E-state index is 0.243. The third-order valence-electron chi connectivity index (χ3n) is 3.73. The second kappa shape index (κ2) is 6.83. The van der Waals surface area contributed by atoms with Crippen molar-refractivity contribution in [2.75, 3.05) is 7.05 Å². The molecule has 1 aromatic carbocycles. The summed E-state index contributed by atoms with van der Waals surface area (Å²) >= 11 is 1.47. The van der Waals surface area contributed by atoms with Crippen molar-refractivity contribution in [2.24, 2.45) is 16.0 Å². The number of hydrogen-bond donors (Lipinski definition) is 0. The number of benzene rings is 1. The number of nitrogens with zero attached hydrogens (tertiary/aromatic N) is 3. The van der Waals surface area contributed by atoms with E-state index in [0.717, 1.165) is 29.8 Å². The predicted molar refractivity (Wildman–Crippen MR) is 89.6 cm³/mol. The third kappa shape index (κ3) is 3.09. The molecule has 3 rings (SSSR count).